The number of nitrogens with one attached hydrogen (secondary N) is 1. The first-order valence-corrected chi connectivity index (χ1v) is 9.62. The van der Waals surface area contributed by atoms with Crippen molar-refractivity contribution in [3.8, 4) is 5.75 Å². The first kappa shape index (κ1) is 17.2. The van der Waals surface area contributed by atoms with E-state index in [-0.39, 0.29) is 4.90 Å². The predicted molar refractivity (Wildman–Crippen MR) is 94.6 cm³/mol. The highest BCUT2D eigenvalue weighted by Crippen LogP contribution is 2.19. The Hall–Kier alpha value is -2.68. The van der Waals surface area contributed by atoms with Crippen molar-refractivity contribution in [3.63, 3.8) is 0 Å². The van der Waals surface area contributed by atoms with Gasteiger partial charge in [0, 0.05) is 19.8 Å². The molecular formula is C16H19N5O3S. The summed E-state index contributed by atoms with van der Waals surface area (Å²) >= 11 is 0. The Kier molecular flexibility index (Phi) is 4.84. The number of hydrogen-bond acceptors (Lipinski definition) is 7. The minimum atomic E-state index is -3.18. The van der Waals surface area contributed by atoms with Gasteiger partial charge in [0.2, 0.25) is 0 Å². The van der Waals surface area contributed by atoms with Crippen LogP contribution < -0.4 is 9.64 Å². The van der Waals surface area contributed by atoms with Crippen LogP contribution in [0.4, 0.5) is 5.82 Å². The number of aromatic amines is 1. The smallest absolute Gasteiger partial charge is 0.182 e. The number of anilines is 1. The molecule has 3 aromatic rings. The molecule has 0 atom stereocenters. The molecule has 0 amide bonds. The molecule has 0 aliphatic carbocycles. The summed E-state index contributed by atoms with van der Waals surface area (Å²) < 4.78 is 28.5. The molecule has 2 heterocycles. The highest BCUT2D eigenvalue weighted by molar-refractivity contribution is 7.90. The average molecular weight is 361 g/mol. The second-order valence-electron chi connectivity index (χ2n) is 5.67. The Bertz CT molecular complexity index is 953. The molecule has 0 aliphatic rings. The summed E-state index contributed by atoms with van der Waals surface area (Å²) in [6.45, 7) is 1.26. The van der Waals surface area contributed by atoms with Crippen molar-refractivity contribution in [1.82, 2.24) is 19.9 Å². The van der Waals surface area contributed by atoms with E-state index < -0.39 is 9.84 Å². The third kappa shape index (κ3) is 4.05. The van der Waals surface area contributed by atoms with E-state index in [2.05, 4.69) is 19.9 Å². The van der Waals surface area contributed by atoms with Crippen molar-refractivity contribution >= 4 is 26.8 Å². The summed E-state index contributed by atoms with van der Waals surface area (Å²) in [5.41, 5.74) is 1.45. The van der Waals surface area contributed by atoms with Gasteiger partial charge in [-0.15, -0.1) is 0 Å². The number of aromatic nitrogens is 4. The SMILES string of the molecule is CN(CCCOc1ccc(S(C)(=O)=O)cc1)c1ncnc2nc[nH]c12. The van der Waals surface area contributed by atoms with E-state index in [1.807, 2.05) is 11.9 Å². The maximum absolute atomic E-state index is 11.4. The van der Waals surface area contributed by atoms with E-state index in [1.54, 1.807) is 30.6 Å². The molecule has 9 heteroatoms. The van der Waals surface area contributed by atoms with Gasteiger partial charge in [-0.3, -0.25) is 0 Å². The van der Waals surface area contributed by atoms with Crippen molar-refractivity contribution in [2.75, 3.05) is 31.4 Å². The van der Waals surface area contributed by atoms with Crippen LogP contribution in [0, 0.1) is 0 Å². The van der Waals surface area contributed by atoms with E-state index in [0.717, 1.165) is 24.3 Å². The summed E-state index contributed by atoms with van der Waals surface area (Å²) in [4.78, 5) is 17.9. The number of fused-ring (bicyclic) bond motifs is 1. The molecule has 132 valence electrons. The van der Waals surface area contributed by atoms with Gasteiger partial charge >= 0.3 is 0 Å². The predicted octanol–water partition coefficient (Wildman–Crippen LogP) is 1.66. The fraction of sp³-hybridized carbons (Fsp3) is 0.312. The van der Waals surface area contributed by atoms with Crippen LogP contribution >= 0.6 is 0 Å². The third-order valence-corrected chi connectivity index (χ3v) is 4.85. The van der Waals surface area contributed by atoms with Gasteiger partial charge in [0.25, 0.3) is 0 Å². The molecule has 0 unspecified atom stereocenters. The lowest BCUT2D eigenvalue weighted by Gasteiger charge is -2.18. The van der Waals surface area contributed by atoms with Crippen LogP contribution in [0.25, 0.3) is 11.2 Å². The average Bonchev–Trinajstić information content (AvgIpc) is 3.06. The number of imidazole rings is 1. The fourth-order valence-corrected chi connectivity index (χ4v) is 3.05. The highest BCUT2D eigenvalue weighted by atomic mass is 32.2. The molecule has 0 aliphatic heterocycles. The maximum atomic E-state index is 11.4. The Balaban J connectivity index is 1.52. The number of benzene rings is 1. The minimum absolute atomic E-state index is 0.284. The second-order valence-corrected chi connectivity index (χ2v) is 7.68. The zero-order valence-electron chi connectivity index (χ0n) is 14.0. The van der Waals surface area contributed by atoms with Gasteiger partial charge < -0.3 is 14.6 Å². The molecule has 0 spiro atoms. The normalized spacial score (nSPS) is 11.6. The highest BCUT2D eigenvalue weighted by Gasteiger charge is 2.10. The largest absolute Gasteiger partial charge is 0.494 e. The number of hydrogen-bond donors (Lipinski definition) is 1. The lowest BCUT2D eigenvalue weighted by atomic mass is 10.3. The Morgan fingerprint density at radius 1 is 1.16 bits per heavy atom. The summed E-state index contributed by atoms with van der Waals surface area (Å²) in [6, 6.07) is 6.43. The maximum Gasteiger partial charge on any atom is 0.182 e. The number of nitrogens with zero attached hydrogens (tertiary/aromatic N) is 4. The minimum Gasteiger partial charge on any atom is -0.494 e. The van der Waals surface area contributed by atoms with Crippen LogP contribution in [0.5, 0.6) is 5.75 Å². The van der Waals surface area contributed by atoms with Gasteiger partial charge in [-0.05, 0) is 30.7 Å². The molecule has 0 radical (unpaired) electrons. The van der Waals surface area contributed by atoms with Crippen LogP contribution in [0.15, 0.2) is 41.8 Å². The molecule has 0 saturated heterocycles. The summed E-state index contributed by atoms with van der Waals surface area (Å²) in [6.07, 6.45) is 5.06. The summed E-state index contributed by atoms with van der Waals surface area (Å²) in [5, 5.41) is 0. The Morgan fingerprint density at radius 3 is 2.64 bits per heavy atom. The van der Waals surface area contributed by atoms with Gasteiger partial charge in [-0.2, -0.15) is 0 Å². The molecule has 0 bridgehead atoms. The molecule has 0 fully saturated rings. The Morgan fingerprint density at radius 2 is 1.92 bits per heavy atom. The summed E-state index contributed by atoms with van der Waals surface area (Å²) in [7, 11) is -1.23. The van der Waals surface area contributed by atoms with Crippen LogP contribution in [0.2, 0.25) is 0 Å². The standard InChI is InChI=1S/C16H19N5O3S/c1-21(16-14-15(18-10-17-14)19-11-20-16)8-3-9-24-12-4-6-13(7-5-12)25(2,22)23/h4-7,10-11H,3,8-9H2,1-2H3,(H,17,18,19,20). The van der Waals surface area contributed by atoms with Crippen LogP contribution in [0.3, 0.4) is 0 Å². The van der Waals surface area contributed by atoms with E-state index in [1.165, 1.54) is 12.6 Å². The van der Waals surface area contributed by atoms with E-state index in [9.17, 15) is 8.42 Å². The summed E-state index contributed by atoms with van der Waals surface area (Å²) in [5.74, 6) is 1.44. The number of ether oxygens (including phenoxy) is 1. The van der Waals surface area contributed by atoms with Gasteiger partial charge in [0.1, 0.15) is 17.6 Å². The van der Waals surface area contributed by atoms with Crippen molar-refractivity contribution in [2.45, 2.75) is 11.3 Å². The molecule has 25 heavy (non-hydrogen) atoms. The molecule has 1 N–H and O–H groups in total. The van der Waals surface area contributed by atoms with Gasteiger partial charge in [-0.1, -0.05) is 0 Å². The first-order chi connectivity index (χ1) is 11.9. The van der Waals surface area contributed by atoms with Gasteiger partial charge in [0.05, 0.1) is 17.8 Å². The zero-order valence-corrected chi connectivity index (χ0v) is 14.8. The van der Waals surface area contributed by atoms with Crippen molar-refractivity contribution in [3.05, 3.63) is 36.9 Å². The Labute approximate surface area is 145 Å². The van der Waals surface area contributed by atoms with Crippen LogP contribution in [-0.4, -0.2) is 54.8 Å². The van der Waals surface area contributed by atoms with Crippen LogP contribution in [0.1, 0.15) is 6.42 Å². The van der Waals surface area contributed by atoms with E-state index in [0.29, 0.717) is 18.0 Å². The molecule has 1 aromatic carbocycles. The van der Waals surface area contributed by atoms with Crippen molar-refractivity contribution < 1.29 is 13.2 Å². The van der Waals surface area contributed by atoms with Gasteiger partial charge in [-0.25, -0.2) is 23.4 Å². The van der Waals surface area contributed by atoms with E-state index in [4.69, 9.17) is 4.74 Å². The van der Waals surface area contributed by atoms with E-state index >= 15 is 0 Å². The van der Waals surface area contributed by atoms with Crippen LogP contribution in [-0.2, 0) is 9.84 Å². The third-order valence-electron chi connectivity index (χ3n) is 3.72. The fourth-order valence-electron chi connectivity index (χ4n) is 2.42. The number of rotatable bonds is 7. The zero-order chi connectivity index (χ0) is 17.9. The number of H-pyrrole nitrogens is 1. The second kappa shape index (κ2) is 7.06. The van der Waals surface area contributed by atoms with Gasteiger partial charge in [0.15, 0.2) is 21.3 Å². The van der Waals surface area contributed by atoms with Crippen molar-refractivity contribution in [2.24, 2.45) is 0 Å². The molecule has 8 nitrogen and oxygen atoms in total. The molecule has 2 aromatic heterocycles. The van der Waals surface area contributed by atoms with Crippen molar-refractivity contribution in [1.29, 1.82) is 0 Å². The number of sulfone groups is 1. The molecule has 3 rings (SSSR count). The lowest BCUT2D eigenvalue weighted by molar-refractivity contribution is 0.312. The lowest BCUT2D eigenvalue weighted by Crippen LogP contribution is -2.22. The first-order valence-electron chi connectivity index (χ1n) is 7.73. The quantitative estimate of drug-likeness (QED) is 0.639. The molecular weight excluding hydrogens is 342 g/mol. The monoisotopic (exact) mass is 361 g/mol. The molecule has 0 saturated carbocycles. The topological polar surface area (TPSA) is 101 Å².